The summed E-state index contributed by atoms with van der Waals surface area (Å²) in [5.74, 6) is -0.00378. The molecule has 1 aliphatic heterocycles. The van der Waals surface area contributed by atoms with Gasteiger partial charge in [-0.15, -0.1) is 0 Å². The van der Waals surface area contributed by atoms with Crippen molar-refractivity contribution >= 4 is 56.8 Å². The van der Waals surface area contributed by atoms with Crippen LogP contribution in [0.15, 0.2) is 52.5 Å². The number of anilines is 1. The normalized spacial score (nSPS) is 15.6. The molecule has 1 heterocycles. The molecule has 8 heteroatoms. The van der Waals surface area contributed by atoms with Crippen molar-refractivity contribution in [1.82, 2.24) is 5.32 Å². The highest BCUT2D eigenvalue weighted by atomic mass is 79.9. The summed E-state index contributed by atoms with van der Waals surface area (Å²) in [6.45, 7) is 2.34. The lowest BCUT2D eigenvalue weighted by Gasteiger charge is -2.28. The van der Waals surface area contributed by atoms with E-state index in [0.717, 1.165) is 0 Å². The molecule has 0 saturated carbocycles. The highest BCUT2D eigenvalue weighted by Crippen LogP contribution is 2.37. The number of benzene rings is 2. The van der Waals surface area contributed by atoms with Gasteiger partial charge >= 0.3 is 0 Å². The molecule has 6 nitrogen and oxygen atoms in total. The Morgan fingerprint density at radius 2 is 1.93 bits per heavy atom. The molecule has 0 unspecified atom stereocenters. The maximum absolute atomic E-state index is 13.0. The molecule has 0 atom stereocenters. The van der Waals surface area contributed by atoms with Crippen LogP contribution in [-0.2, 0) is 9.59 Å². The summed E-state index contributed by atoms with van der Waals surface area (Å²) >= 11 is 8.63. The second-order valence-electron chi connectivity index (χ2n) is 5.76. The molecule has 28 heavy (non-hydrogen) atoms. The molecule has 2 aromatic rings. The van der Waals surface area contributed by atoms with E-state index in [9.17, 15) is 9.59 Å². The lowest BCUT2D eigenvalue weighted by molar-refractivity contribution is -0.122. The summed E-state index contributed by atoms with van der Waals surface area (Å²) in [5.41, 5.74) is 1.15. The fourth-order valence-corrected chi connectivity index (χ4v) is 3.60. The molecule has 2 aromatic carbocycles. The Labute approximate surface area is 176 Å². The number of amides is 2. The number of nitrogens with zero attached hydrogens (tertiary/aromatic N) is 1. The highest BCUT2D eigenvalue weighted by molar-refractivity contribution is 9.10. The van der Waals surface area contributed by atoms with Crippen molar-refractivity contribution in [2.75, 3.05) is 18.6 Å². The van der Waals surface area contributed by atoms with Crippen molar-refractivity contribution < 1.29 is 19.1 Å². The Morgan fingerprint density at radius 3 is 2.57 bits per heavy atom. The molecule has 1 N–H and O–H groups in total. The molecule has 0 aromatic heterocycles. The van der Waals surface area contributed by atoms with Crippen molar-refractivity contribution in [3.63, 3.8) is 0 Å². The number of ether oxygens (including phenoxy) is 2. The van der Waals surface area contributed by atoms with Crippen LogP contribution >= 0.6 is 28.1 Å². The third-order valence-corrected chi connectivity index (χ3v) is 4.84. The third kappa shape index (κ3) is 3.93. The molecule has 0 aliphatic carbocycles. The number of thiocarbonyl (C=S) groups is 1. The molecular formula is C20H17BrN2O4S. The van der Waals surface area contributed by atoms with E-state index in [2.05, 4.69) is 21.2 Å². The van der Waals surface area contributed by atoms with E-state index in [1.807, 2.05) is 13.0 Å². The van der Waals surface area contributed by atoms with Gasteiger partial charge in [0.2, 0.25) is 0 Å². The predicted molar refractivity (Wildman–Crippen MR) is 115 cm³/mol. The zero-order valence-electron chi connectivity index (χ0n) is 15.2. The first kappa shape index (κ1) is 20.0. The fraction of sp³-hybridized carbons (Fsp3) is 0.150. The summed E-state index contributed by atoms with van der Waals surface area (Å²) < 4.78 is 11.6. The molecular weight excluding hydrogens is 444 g/mol. The zero-order valence-corrected chi connectivity index (χ0v) is 17.6. The number of rotatable bonds is 5. The molecule has 0 radical (unpaired) electrons. The van der Waals surface area contributed by atoms with Crippen molar-refractivity contribution in [2.24, 2.45) is 0 Å². The number of carbonyl (C=O) groups is 2. The van der Waals surface area contributed by atoms with Gasteiger partial charge in [-0.3, -0.25) is 19.8 Å². The van der Waals surface area contributed by atoms with E-state index in [4.69, 9.17) is 21.7 Å². The Morgan fingerprint density at radius 1 is 1.21 bits per heavy atom. The van der Waals surface area contributed by atoms with Crippen LogP contribution in [0.2, 0.25) is 0 Å². The van der Waals surface area contributed by atoms with E-state index < -0.39 is 11.8 Å². The van der Waals surface area contributed by atoms with Gasteiger partial charge in [0.25, 0.3) is 11.8 Å². The summed E-state index contributed by atoms with van der Waals surface area (Å²) in [5, 5.41) is 2.61. The molecule has 1 saturated heterocycles. The molecule has 0 spiro atoms. The Bertz CT molecular complexity index is 976. The number of carbonyl (C=O) groups excluding carboxylic acids is 2. The standard InChI is InChI=1S/C20H17BrN2O4S/c1-3-27-17-15(21)10-12(11-16(17)26-2)9-14-18(24)22-20(28)23(19(14)25)13-7-5-4-6-8-13/h4-11H,3H2,1-2H3,(H,22,24,28)/b14-9-. The minimum absolute atomic E-state index is 0.0319. The smallest absolute Gasteiger partial charge is 0.270 e. The SMILES string of the molecule is CCOc1c(Br)cc(/C=C2/C(=O)NC(=S)N(c3ccccc3)C2=O)cc1OC. The van der Waals surface area contributed by atoms with Crippen molar-refractivity contribution in [2.45, 2.75) is 6.92 Å². The van der Waals surface area contributed by atoms with Gasteiger partial charge in [-0.05, 0) is 71.0 Å². The van der Waals surface area contributed by atoms with Crippen molar-refractivity contribution in [1.29, 1.82) is 0 Å². The number of halogens is 1. The minimum atomic E-state index is -0.550. The van der Waals surface area contributed by atoms with E-state index in [1.165, 1.54) is 18.1 Å². The quantitative estimate of drug-likeness (QED) is 0.418. The number of hydrogen-bond acceptors (Lipinski definition) is 5. The van der Waals surface area contributed by atoms with Gasteiger partial charge in [-0.1, -0.05) is 18.2 Å². The fourth-order valence-electron chi connectivity index (χ4n) is 2.74. The first-order valence-electron chi connectivity index (χ1n) is 8.43. The molecule has 1 aliphatic rings. The summed E-state index contributed by atoms with van der Waals surface area (Å²) in [6.07, 6.45) is 1.50. The summed E-state index contributed by atoms with van der Waals surface area (Å²) in [4.78, 5) is 26.7. The Kier molecular flexibility index (Phi) is 6.11. The van der Waals surface area contributed by atoms with E-state index in [0.29, 0.717) is 33.8 Å². The average Bonchev–Trinajstić information content (AvgIpc) is 2.67. The van der Waals surface area contributed by atoms with Crippen LogP contribution < -0.4 is 19.7 Å². The van der Waals surface area contributed by atoms with Gasteiger partial charge < -0.3 is 9.47 Å². The van der Waals surface area contributed by atoms with Crippen LogP contribution in [-0.4, -0.2) is 30.6 Å². The van der Waals surface area contributed by atoms with Crippen LogP contribution in [0.1, 0.15) is 12.5 Å². The molecule has 1 fully saturated rings. The van der Waals surface area contributed by atoms with E-state index in [-0.39, 0.29) is 10.7 Å². The minimum Gasteiger partial charge on any atom is -0.493 e. The highest BCUT2D eigenvalue weighted by Gasteiger charge is 2.34. The maximum Gasteiger partial charge on any atom is 0.270 e. The second-order valence-corrected chi connectivity index (χ2v) is 7.00. The lowest BCUT2D eigenvalue weighted by Crippen LogP contribution is -2.54. The van der Waals surface area contributed by atoms with E-state index in [1.54, 1.807) is 36.4 Å². The van der Waals surface area contributed by atoms with Gasteiger partial charge in [0.15, 0.2) is 16.6 Å². The summed E-state index contributed by atoms with van der Waals surface area (Å²) in [7, 11) is 1.52. The van der Waals surface area contributed by atoms with Crippen LogP contribution in [0, 0.1) is 0 Å². The molecule has 3 rings (SSSR count). The number of methoxy groups -OCH3 is 1. The molecule has 2 amide bonds. The molecule has 0 bridgehead atoms. The van der Waals surface area contributed by atoms with Gasteiger partial charge in [0.05, 0.1) is 23.9 Å². The first-order chi connectivity index (χ1) is 13.5. The van der Waals surface area contributed by atoms with Crippen LogP contribution in [0.4, 0.5) is 5.69 Å². The van der Waals surface area contributed by atoms with Crippen LogP contribution in [0.3, 0.4) is 0 Å². The monoisotopic (exact) mass is 460 g/mol. The maximum atomic E-state index is 13.0. The lowest BCUT2D eigenvalue weighted by atomic mass is 10.1. The number of nitrogens with one attached hydrogen (secondary N) is 1. The largest absolute Gasteiger partial charge is 0.493 e. The van der Waals surface area contributed by atoms with Gasteiger partial charge in [0, 0.05) is 0 Å². The van der Waals surface area contributed by atoms with Gasteiger partial charge in [0.1, 0.15) is 5.57 Å². The van der Waals surface area contributed by atoms with Crippen molar-refractivity contribution in [3.05, 3.63) is 58.1 Å². The Hall–Kier alpha value is -2.71. The Balaban J connectivity index is 2.03. The first-order valence-corrected chi connectivity index (χ1v) is 9.63. The second kappa shape index (κ2) is 8.53. The van der Waals surface area contributed by atoms with Gasteiger partial charge in [-0.2, -0.15) is 0 Å². The van der Waals surface area contributed by atoms with Crippen LogP contribution in [0.25, 0.3) is 6.08 Å². The zero-order chi connectivity index (χ0) is 20.3. The average molecular weight is 461 g/mol. The third-order valence-electron chi connectivity index (χ3n) is 3.97. The molecule has 144 valence electrons. The number of hydrogen-bond donors (Lipinski definition) is 1. The topological polar surface area (TPSA) is 67.9 Å². The van der Waals surface area contributed by atoms with Crippen LogP contribution in [0.5, 0.6) is 11.5 Å². The van der Waals surface area contributed by atoms with Gasteiger partial charge in [-0.25, -0.2) is 0 Å². The van der Waals surface area contributed by atoms with Crippen molar-refractivity contribution in [3.8, 4) is 11.5 Å². The summed E-state index contributed by atoms with van der Waals surface area (Å²) in [6, 6.07) is 12.4. The number of para-hydroxylation sites is 1. The predicted octanol–water partition coefficient (Wildman–Crippen LogP) is 3.69. The van der Waals surface area contributed by atoms with E-state index >= 15 is 0 Å².